The summed E-state index contributed by atoms with van der Waals surface area (Å²) in [4.78, 5) is 30.8. The van der Waals surface area contributed by atoms with Gasteiger partial charge in [-0.25, -0.2) is 4.39 Å². The van der Waals surface area contributed by atoms with E-state index in [2.05, 4.69) is 10.2 Å². The van der Waals surface area contributed by atoms with Gasteiger partial charge in [0.05, 0.1) is 11.0 Å². The van der Waals surface area contributed by atoms with E-state index in [1.165, 1.54) is 23.5 Å². The summed E-state index contributed by atoms with van der Waals surface area (Å²) in [5.41, 5.74) is 6.56. The van der Waals surface area contributed by atoms with E-state index in [0.29, 0.717) is 44.0 Å². The molecule has 3 atom stereocenters. The average Bonchev–Trinajstić information content (AvgIpc) is 3.60. The normalized spacial score (nSPS) is 22.8. The minimum Gasteiger partial charge on any atom is -0.377 e. The number of nitrogens with two attached hydrogens (primary N) is 1. The van der Waals surface area contributed by atoms with E-state index in [1.807, 2.05) is 11.4 Å². The Kier molecular flexibility index (Phi) is 8.08. The minimum atomic E-state index is -0.559. The second-order valence-electron chi connectivity index (χ2n) is 8.61. The minimum absolute atomic E-state index is 0.0169. The molecule has 2 aliphatic heterocycles. The number of thiophene rings is 1. The summed E-state index contributed by atoms with van der Waals surface area (Å²) in [7, 11) is 0. The van der Waals surface area contributed by atoms with E-state index >= 15 is 0 Å². The van der Waals surface area contributed by atoms with Gasteiger partial charge in [0.25, 0.3) is 5.91 Å². The maximum absolute atomic E-state index is 13.4. The molecule has 7 nitrogen and oxygen atoms in total. The first-order valence-electron chi connectivity index (χ1n) is 11.5. The van der Waals surface area contributed by atoms with Gasteiger partial charge in [-0.05, 0) is 48.4 Å². The van der Waals surface area contributed by atoms with Crippen molar-refractivity contribution in [3.05, 3.63) is 58.0 Å². The van der Waals surface area contributed by atoms with Crippen molar-refractivity contribution in [3.63, 3.8) is 0 Å². The number of likely N-dealkylation sites (tertiary alicyclic amines) is 1. The lowest BCUT2D eigenvalue weighted by Gasteiger charge is -2.31. The van der Waals surface area contributed by atoms with Crippen LogP contribution in [-0.4, -0.2) is 72.6 Å². The van der Waals surface area contributed by atoms with E-state index in [0.717, 1.165) is 25.0 Å². The largest absolute Gasteiger partial charge is 0.377 e. The predicted octanol–water partition coefficient (Wildman–Crippen LogP) is 2.23. The zero-order valence-corrected chi connectivity index (χ0v) is 19.4. The van der Waals surface area contributed by atoms with Gasteiger partial charge in [0.2, 0.25) is 5.91 Å². The number of carbonyl (C=O) groups excluding carboxylic acids is 2. The molecular formula is C24H31FN4O3S. The van der Waals surface area contributed by atoms with Gasteiger partial charge in [-0.3, -0.25) is 14.5 Å². The molecule has 33 heavy (non-hydrogen) atoms. The lowest BCUT2D eigenvalue weighted by Crippen LogP contribution is -2.46. The average molecular weight is 475 g/mol. The molecule has 2 saturated heterocycles. The summed E-state index contributed by atoms with van der Waals surface area (Å²) < 4.78 is 19.3. The zero-order valence-electron chi connectivity index (χ0n) is 18.6. The van der Waals surface area contributed by atoms with Crippen LogP contribution in [0.15, 0.2) is 41.8 Å². The maximum atomic E-state index is 13.4. The number of benzene rings is 1. The molecule has 0 spiro atoms. The van der Waals surface area contributed by atoms with E-state index < -0.39 is 6.04 Å². The molecule has 9 heteroatoms. The molecule has 2 aliphatic rings. The van der Waals surface area contributed by atoms with Gasteiger partial charge < -0.3 is 20.7 Å². The number of halogens is 1. The first-order chi connectivity index (χ1) is 16.0. The topological polar surface area (TPSA) is 87.9 Å². The quantitative estimate of drug-likeness (QED) is 0.582. The molecule has 3 N–H and O–H groups in total. The Morgan fingerprint density at radius 3 is 2.76 bits per heavy atom. The number of nitrogens with zero attached hydrogens (tertiary/aromatic N) is 2. The van der Waals surface area contributed by atoms with Gasteiger partial charge in [-0.2, -0.15) is 0 Å². The van der Waals surface area contributed by atoms with Crippen LogP contribution in [-0.2, 0) is 16.1 Å². The Morgan fingerprint density at radius 2 is 2.09 bits per heavy atom. The van der Waals surface area contributed by atoms with E-state index in [1.54, 1.807) is 23.1 Å². The van der Waals surface area contributed by atoms with E-state index in [-0.39, 0.29) is 29.8 Å². The third-order valence-corrected chi connectivity index (χ3v) is 7.15. The van der Waals surface area contributed by atoms with Crippen molar-refractivity contribution >= 4 is 23.2 Å². The van der Waals surface area contributed by atoms with Gasteiger partial charge in [0.15, 0.2) is 0 Å². The van der Waals surface area contributed by atoms with Crippen molar-refractivity contribution in [2.45, 2.75) is 44.0 Å². The fraction of sp³-hybridized carbons (Fsp3) is 0.500. The third kappa shape index (κ3) is 5.97. The number of rotatable bonds is 9. The molecule has 1 aromatic carbocycles. The Bertz CT molecular complexity index is 918. The highest BCUT2D eigenvalue weighted by atomic mass is 32.1. The van der Waals surface area contributed by atoms with Crippen LogP contribution >= 0.6 is 11.3 Å². The summed E-state index contributed by atoms with van der Waals surface area (Å²) in [5, 5.41) is 4.72. The smallest absolute Gasteiger partial charge is 0.264 e. The van der Waals surface area contributed by atoms with Gasteiger partial charge >= 0.3 is 0 Å². The van der Waals surface area contributed by atoms with Gasteiger partial charge in [-0.15, -0.1) is 11.3 Å². The van der Waals surface area contributed by atoms with Crippen molar-refractivity contribution < 1.29 is 18.7 Å². The van der Waals surface area contributed by atoms with Gasteiger partial charge in [0, 0.05) is 45.4 Å². The summed E-state index contributed by atoms with van der Waals surface area (Å²) >= 11 is 1.38. The highest BCUT2D eigenvalue weighted by Crippen LogP contribution is 2.28. The molecular weight excluding hydrogens is 443 g/mol. The van der Waals surface area contributed by atoms with Crippen LogP contribution in [0.25, 0.3) is 0 Å². The van der Waals surface area contributed by atoms with Crippen LogP contribution in [0.1, 0.15) is 34.5 Å². The second kappa shape index (κ2) is 11.2. The fourth-order valence-corrected chi connectivity index (χ4v) is 5.30. The van der Waals surface area contributed by atoms with Crippen molar-refractivity contribution in [2.24, 2.45) is 5.73 Å². The zero-order chi connectivity index (χ0) is 23.2. The SMILES string of the molecule is NCCNC(=O)C1CC(N(Cc2ccc(F)cc2)CC2CCCO2)CN1C(=O)c1cccs1. The molecule has 2 fully saturated rings. The monoisotopic (exact) mass is 474 g/mol. The van der Waals surface area contributed by atoms with E-state index in [4.69, 9.17) is 10.5 Å². The first-order valence-corrected chi connectivity index (χ1v) is 12.4. The second-order valence-corrected chi connectivity index (χ2v) is 9.56. The lowest BCUT2D eigenvalue weighted by molar-refractivity contribution is -0.124. The summed E-state index contributed by atoms with van der Waals surface area (Å²) in [6.07, 6.45) is 2.68. The molecule has 0 radical (unpaired) electrons. The standard InChI is InChI=1S/C24H31FN4O3S/c25-18-7-5-17(6-8-18)14-28(16-20-3-1-11-32-20)19-13-21(23(30)27-10-9-26)29(15-19)24(31)22-4-2-12-33-22/h2,4-8,12,19-21H,1,3,9-11,13-16,26H2,(H,27,30). The maximum Gasteiger partial charge on any atom is 0.264 e. The molecule has 0 aliphatic carbocycles. The van der Waals surface area contributed by atoms with Crippen LogP contribution in [0, 0.1) is 5.82 Å². The molecule has 3 heterocycles. The Hall–Kier alpha value is -2.33. The first kappa shape index (κ1) is 23.8. The predicted molar refractivity (Wildman–Crippen MR) is 125 cm³/mol. The molecule has 0 saturated carbocycles. The van der Waals surface area contributed by atoms with Crippen LogP contribution in [0.4, 0.5) is 4.39 Å². The highest BCUT2D eigenvalue weighted by molar-refractivity contribution is 7.12. The summed E-state index contributed by atoms with van der Waals surface area (Å²) in [6.45, 7) is 3.23. The number of carbonyl (C=O) groups is 2. The van der Waals surface area contributed by atoms with Gasteiger partial charge in [-0.1, -0.05) is 18.2 Å². The van der Waals surface area contributed by atoms with Crippen LogP contribution in [0.2, 0.25) is 0 Å². The number of amides is 2. The lowest BCUT2D eigenvalue weighted by atomic mass is 10.1. The van der Waals surface area contributed by atoms with Crippen molar-refractivity contribution in [1.29, 1.82) is 0 Å². The molecule has 4 rings (SSSR count). The van der Waals surface area contributed by atoms with Crippen molar-refractivity contribution in [1.82, 2.24) is 15.1 Å². The molecule has 1 aromatic heterocycles. The number of ether oxygens (including phenoxy) is 1. The Balaban J connectivity index is 1.55. The summed E-state index contributed by atoms with van der Waals surface area (Å²) in [5.74, 6) is -0.569. The van der Waals surface area contributed by atoms with Crippen LogP contribution < -0.4 is 11.1 Å². The van der Waals surface area contributed by atoms with Crippen LogP contribution in [0.3, 0.4) is 0 Å². The number of nitrogens with one attached hydrogen (secondary N) is 1. The van der Waals surface area contributed by atoms with Crippen molar-refractivity contribution in [3.8, 4) is 0 Å². The van der Waals surface area contributed by atoms with Crippen LogP contribution in [0.5, 0.6) is 0 Å². The van der Waals surface area contributed by atoms with Crippen molar-refractivity contribution in [2.75, 3.05) is 32.8 Å². The molecule has 2 amide bonds. The third-order valence-electron chi connectivity index (χ3n) is 6.30. The number of hydrogen-bond acceptors (Lipinski definition) is 6. The molecule has 3 unspecified atom stereocenters. The Morgan fingerprint density at radius 1 is 1.27 bits per heavy atom. The van der Waals surface area contributed by atoms with Gasteiger partial charge in [0.1, 0.15) is 11.9 Å². The molecule has 178 valence electrons. The molecule has 2 aromatic rings. The summed E-state index contributed by atoms with van der Waals surface area (Å²) in [6, 6.07) is 9.55. The Labute approximate surface area is 197 Å². The molecule has 0 bridgehead atoms. The fourth-order valence-electron chi connectivity index (χ4n) is 4.62. The highest BCUT2D eigenvalue weighted by Gasteiger charge is 2.42. The number of hydrogen-bond donors (Lipinski definition) is 2. The van der Waals surface area contributed by atoms with E-state index in [9.17, 15) is 14.0 Å².